The van der Waals surface area contributed by atoms with Gasteiger partial charge in [0.05, 0.1) is 0 Å². The molecule has 4 nitrogen and oxygen atoms in total. The van der Waals surface area contributed by atoms with Crippen LogP contribution in [0.5, 0.6) is 0 Å². The molecule has 0 unspecified atom stereocenters. The van der Waals surface area contributed by atoms with E-state index < -0.39 is 0 Å². The number of rotatable bonds is 4. The summed E-state index contributed by atoms with van der Waals surface area (Å²) < 4.78 is 0. The van der Waals surface area contributed by atoms with Crippen LogP contribution in [0.3, 0.4) is 0 Å². The molecule has 2 aliphatic carbocycles. The maximum absolute atomic E-state index is 12.1. The van der Waals surface area contributed by atoms with Gasteiger partial charge in [-0.1, -0.05) is 11.8 Å². The molecule has 0 aromatic carbocycles. The molecule has 0 spiro atoms. The average molecular weight is 374 g/mol. The van der Waals surface area contributed by atoms with Crippen LogP contribution < -0.4 is 0 Å². The van der Waals surface area contributed by atoms with E-state index in [4.69, 9.17) is 0 Å². The molecule has 0 bridgehead atoms. The van der Waals surface area contributed by atoms with Crippen molar-refractivity contribution in [2.24, 2.45) is 0 Å². The lowest BCUT2D eigenvalue weighted by atomic mass is 9.89. The lowest BCUT2D eigenvalue weighted by Gasteiger charge is -2.13. The Morgan fingerprint density at radius 3 is 1.32 bits per heavy atom. The summed E-state index contributed by atoms with van der Waals surface area (Å²) >= 11 is 0. The molecule has 0 saturated carbocycles. The van der Waals surface area contributed by atoms with Gasteiger partial charge in [-0.2, -0.15) is 0 Å². The van der Waals surface area contributed by atoms with Gasteiger partial charge in [-0.3, -0.25) is 19.2 Å². The van der Waals surface area contributed by atoms with Gasteiger partial charge >= 0.3 is 0 Å². The number of hydrogen-bond acceptors (Lipinski definition) is 4. The molecule has 4 heteroatoms. The Bertz CT molecular complexity index is 934. The highest BCUT2D eigenvalue weighted by atomic mass is 16.1. The van der Waals surface area contributed by atoms with Gasteiger partial charge in [0.25, 0.3) is 0 Å². The van der Waals surface area contributed by atoms with Crippen molar-refractivity contribution in [3.63, 3.8) is 0 Å². The van der Waals surface area contributed by atoms with Gasteiger partial charge in [0.15, 0.2) is 23.1 Å². The van der Waals surface area contributed by atoms with E-state index in [1.54, 1.807) is 27.7 Å². The smallest absolute Gasteiger partial charge is 0.185 e. The van der Waals surface area contributed by atoms with Gasteiger partial charge in [0.2, 0.25) is 0 Å². The molecule has 0 fully saturated rings. The highest BCUT2D eigenvalue weighted by molar-refractivity contribution is 6.22. The molecule has 142 valence electrons. The van der Waals surface area contributed by atoms with E-state index in [0.717, 1.165) is 0 Å². The molecule has 0 amide bonds. The molecule has 0 N–H and O–H groups in total. The minimum absolute atomic E-state index is 0.0930. The van der Waals surface area contributed by atoms with E-state index in [9.17, 15) is 19.2 Å². The predicted octanol–water partition coefficient (Wildman–Crippen LogP) is 3.38. The summed E-state index contributed by atoms with van der Waals surface area (Å²) in [5.41, 5.74) is 2.98. The quantitative estimate of drug-likeness (QED) is 0.559. The molecule has 0 heterocycles. The van der Waals surface area contributed by atoms with Gasteiger partial charge in [-0.15, -0.1) is 0 Å². The summed E-state index contributed by atoms with van der Waals surface area (Å²) in [5, 5.41) is 0. The maximum Gasteiger partial charge on any atom is 0.185 e. The second kappa shape index (κ2) is 9.11. The lowest BCUT2D eigenvalue weighted by molar-refractivity contribution is -0.115. The van der Waals surface area contributed by atoms with Crippen LogP contribution >= 0.6 is 0 Å². The Labute approximate surface area is 165 Å². The van der Waals surface area contributed by atoms with Crippen molar-refractivity contribution in [1.29, 1.82) is 0 Å². The SMILES string of the molecule is CC1=C(C)C(=O)C(CCC#CC#CCCC2=CC(=O)C(C)=C(C)C2=O)=CC1=O. The summed E-state index contributed by atoms with van der Waals surface area (Å²) in [6.07, 6.45) is 4.50. The fourth-order valence-electron chi connectivity index (χ4n) is 2.84. The first-order valence-electron chi connectivity index (χ1n) is 9.14. The zero-order valence-corrected chi connectivity index (χ0v) is 16.6. The number of allylic oxidation sites excluding steroid dienone is 8. The van der Waals surface area contributed by atoms with Crippen molar-refractivity contribution in [2.75, 3.05) is 0 Å². The first-order chi connectivity index (χ1) is 13.2. The van der Waals surface area contributed by atoms with E-state index in [-0.39, 0.29) is 23.1 Å². The molecular weight excluding hydrogens is 352 g/mol. The van der Waals surface area contributed by atoms with Crippen LogP contribution in [0.1, 0.15) is 53.4 Å². The van der Waals surface area contributed by atoms with Gasteiger partial charge in [0.1, 0.15) is 0 Å². The van der Waals surface area contributed by atoms with Gasteiger partial charge in [-0.25, -0.2) is 0 Å². The van der Waals surface area contributed by atoms with Crippen LogP contribution in [-0.2, 0) is 19.2 Å². The van der Waals surface area contributed by atoms with Crippen molar-refractivity contribution >= 4 is 23.1 Å². The number of carbonyl (C=O) groups is 4. The van der Waals surface area contributed by atoms with Crippen molar-refractivity contribution < 1.29 is 19.2 Å². The van der Waals surface area contributed by atoms with E-state index in [1.807, 2.05) is 0 Å². The molecule has 0 aromatic rings. The summed E-state index contributed by atoms with van der Waals surface area (Å²) in [7, 11) is 0. The van der Waals surface area contributed by atoms with Crippen LogP contribution in [-0.4, -0.2) is 23.1 Å². The third-order valence-electron chi connectivity index (χ3n) is 5.02. The van der Waals surface area contributed by atoms with Crippen LogP contribution in [0.25, 0.3) is 0 Å². The average Bonchev–Trinajstić information content (AvgIpc) is 2.68. The van der Waals surface area contributed by atoms with Crippen LogP contribution in [0.15, 0.2) is 45.6 Å². The monoisotopic (exact) mass is 374 g/mol. The molecule has 2 aliphatic rings. The van der Waals surface area contributed by atoms with Crippen molar-refractivity contribution in [2.45, 2.75) is 53.4 Å². The van der Waals surface area contributed by atoms with E-state index >= 15 is 0 Å². The number of Topliss-reactive ketones (excluding diaryl/α,β-unsaturated/α-hetero) is 2. The zero-order chi connectivity index (χ0) is 20.8. The van der Waals surface area contributed by atoms with Crippen LogP contribution in [0, 0.1) is 23.7 Å². The fraction of sp³-hybridized carbons (Fsp3) is 0.333. The summed E-state index contributed by atoms with van der Waals surface area (Å²) in [4.78, 5) is 47.8. The highest BCUT2D eigenvalue weighted by Crippen LogP contribution is 2.22. The lowest BCUT2D eigenvalue weighted by Crippen LogP contribution is -2.16. The Morgan fingerprint density at radius 2 is 0.964 bits per heavy atom. The minimum atomic E-state index is -0.120. The van der Waals surface area contributed by atoms with Crippen LogP contribution in [0.2, 0.25) is 0 Å². The van der Waals surface area contributed by atoms with E-state index in [0.29, 0.717) is 59.1 Å². The highest BCUT2D eigenvalue weighted by Gasteiger charge is 2.23. The Balaban J connectivity index is 1.82. The van der Waals surface area contributed by atoms with Gasteiger partial charge < -0.3 is 0 Å². The standard InChI is InChI=1S/C24H22O4/c1-15-17(3)23(27)19(13-21(15)25)11-9-7-5-6-8-10-12-20-14-22(26)16(2)18(4)24(20)28/h13-14H,9-12H2,1-4H3. The Morgan fingerprint density at radius 1 is 0.607 bits per heavy atom. The third-order valence-corrected chi connectivity index (χ3v) is 5.02. The van der Waals surface area contributed by atoms with Gasteiger partial charge in [-0.05, 0) is 64.5 Å². The molecule has 28 heavy (non-hydrogen) atoms. The van der Waals surface area contributed by atoms with Crippen LogP contribution in [0.4, 0.5) is 0 Å². The number of hydrogen-bond donors (Lipinski definition) is 0. The molecule has 0 atom stereocenters. The van der Waals surface area contributed by atoms with E-state index in [2.05, 4.69) is 23.7 Å². The Hall–Kier alpha value is -3.24. The topological polar surface area (TPSA) is 68.3 Å². The normalized spacial score (nSPS) is 17.0. The first-order valence-corrected chi connectivity index (χ1v) is 9.14. The first kappa shape index (κ1) is 21.1. The summed E-state index contributed by atoms with van der Waals surface area (Å²) in [6, 6.07) is 0. The summed E-state index contributed by atoms with van der Waals surface area (Å²) in [6.45, 7) is 6.64. The molecule has 2 rings (SSSR count). The van der Waals surface area contributed by atoms with Gasteiger partial charge in [0, 0.05) is 46.3 Å². The molecule has 0 aliphatic heterocycles. The van der Waals surface area contributed by atoms with E-state index in [1.165, 1.54) is 12.2 Å². The molecule has 0 aromatic heterocycles. The predicted molar refractivity (Wildman–Crippen MR) is 107 cm³/mol. The van der Waals surface area contributed by atoms with Crippen molar-refractivity contribution in [1.82, 2.24) is 0 Å². The molecular formula is C24H22O4. The maximum atomic E-state index is 12.1. The second-order valence-electron chi connectivity index (χ2n) is 6.83. The third kappa shape index (κ3) is 4.72. The fourth-order valence-corrected chi connectivity index (χ4v) is 2.84. The zero-order valence-electron chi connectivity index (χ0n) is 16.6. The largest absolute Gasteiger partial charge is 0.290 e. The van der Waals surface area contributed by atoms with Crippen molar-refractivity contribution in [3.05, 3.63) is 45.6 Å². The van der Waals surface area contributed by atoms with Crippen molar-refractivity contribution in [3.8, 4) is 23.7 Å². The summed E-state index contributed by atoms with van der Waals surface area (Å²) in [5.74, 6) is 10.8. The minimum Gasteiger partial charge on any atom is -0.290 e. The number of carbonyl (C=O) groups excluding carboxylic acids is 4. The molecule has 0 radical (unpaired) electrons. The number of ketones is 4. The second-order valence-corrected chi connectivity index (χ2v) is 6.83. The Kier molecular flexibility index (Phi) is 6.85. The molecule has 0 saturated heterocycles.